The molecule has 1 fully saturated rings. The molecule has 4 rings (SSSR count). The molecule has 0 unspecified atom stereocenters. The Hall–Kier alpha value is -2.83. The highest BCUT2D eigenvalue weighted by Gasteiger charge is 2.34. The molecular weight excluding hydrogens is 348 g/mol. The Morgan fingerprint density at radius 3 is 3.04 bits per heavy atom. The summed E-state index contributed by atoms with van der Waals surface area (Å²) >= 11 is 0. The van der Waals surface area contributed by atoms with E-state index in [2.05, 4.69) is 5.16 Å². The van der Waals surface area contributed by atoms with E-state index in [1.807, 2.05) is 25.1 Å². The maximum Gasteiger partial charge on any atom is 0.310 e. The van der Waals surface area contributed by atoms with Crippen molar-refractivity contribution in [2.24, 2.45) is 5.92 Å². The van der Waals surface area contributed by atoms with E-state index in [4.69, 9.17) is 14.0 Å². The number of hydrogen-bond donors (Lipinski definition) is 0. The minimum Gasteiger partial charge on any atom is -0.488 e. The Morgan fingerprint density at radius 2 is 2.22 bits per heavy atom. The first-order valence-electron chi connectivity index (χ1n) is 9.26. The predicted octanol–water partition coefficient (Wildman–Crippen LogP) is 2.96. The highest BCUT2D eigenvalue weighted by atomic mass is 16.5. The molecule has 7 nitrogen and oxygen atoms in total. The fraction of sp³-hybridized carbons (Fsp3) is 0.450. The third-order valence-corrected chi connectivity index (χ3v) is 5.07. The Labute approximate surface area is 157 Å². The fourth-order valence-electron chi connectivity index (χ4n) is 3.68. The minimum absolute atomic E-state index is 0.228. The summed E-state index contributed by atoms with van der Waals surface area (Å²) < 4.78 is 16.4. The highest BCUT2D eigenvalue weighted by molar-refractivity contribution is 5.96. The number of esters is 1. The van der Waals surface area contributed by atoms with Gasteiger partial charge in [0.1, 0.15) is 12.4 Å². The number of hydrogen-bond acceptors (Lipinski definition) is 6. The van der Waals surface area contributed by atoms with E-state index in [1.165, 1.54) is 0 Å². The normalized spacial score (nSPS) is 18.3. The molecule has 2 aromatic rings. The van der Waals surface area contributed by atoms with Gasteiger partial charge in [0.25, 0.3) is 5.91 Å². The number of rotatable bonds is 3. The predicted molar refractivity (Wildman–Crippen MR) is 96.3 cm³/mol. The van der Waals surface area contributed by atoms with Crippen LogP contribution in [0.1, 0.15) is 41.4 Å². The number of piperidine rings is 1. The maximum absolute atomic E-state index is 13.0. The number of nitrogens with zero attached hydrogens (tertiary/aromatic N) is 2. The largest absolute Gasteiger partial charge is 0.488 e. The number of carbonyl (C=O) groups excluding carboxylic acids is 2. The first-order chi connectivity index (χ1) is 13.1. The van der Waals surface area contributed by atoms with Crippen molar-refractivity contribution in [3.8, 4) is 17.1 Å². The van der Waals surface area contributed by atoms with E-state index in [0.717, 1.165) is 29.7 Å². The van der Waals surface area contributed by atoms with Crippen LogP contribution in [0, 0.1) is 12.8 Å². The van der Waals surface area contributed by atoms with Gasteiger partial charge in [-0.15, -0.1) is 0 Å². The molecule has 1 aromatic carbocycles. The van der Waals surface area contributed by atoms with E-state index in [9.17, 15) is 9.59 Å². The van der Waals surface area contributed by atoms with Gasteiger partial charge in [0.2, 0.25) is 0 Å². The zero-order valence-electron chi connectivity index (χ0n) is 15.5. The minimum atomic E-state index is -0.287. The van der Waals surface area contributed by atoms with Gasteiger partial charge in [-0.05, 0) is 38.8 Å². The van der Waals surface area contributed by atoms with Gasteiger partial charge in [-0.3, -0.25) is 9.59 Å². The molecule has 1 atom stereocenters. The van der Waals surface area contributed by atoms with Gasteiger partial charge in [0.05, 0.1) is 23.7 Å². The number of amides is 1. The van der Waals surface area contributed by atoms with Crippen LogP contribution in [0.4, 0.5) is 0 Å². The van der Waals surface area contributed by atoms with Crippen LogP contribution in [0.25, 0.3) is 11.3 Å². The summed E-state index contributed by atoms with van der Waals surface area (Å²) in [5.74, 6) is 0.550. The third-order valence-electron chi connectivity index (χ3n) is 5.07. The van der Waals surface area contributed by atoms with Crippen LogP contribution in [-0.2, 0) is 16.1 Å². The molecular formula is C20H22N2O5. The zero-order valence-corrected chi connectivity index (χ0v) is 15.5. The number of fused-ring (bicyclic) bond motifs is 3. The van der Waals surface area contributed by atoms with Crippen molar-refractivity contribution in [2.45, 2.75) is 33.3 Å². The van der Waals surface area contributed by atoms with Crippen LogP contribution in [-0.4, -0.2) is 41.6 Å². The number of likely N-dealkylation sites (tertiary alicyclic amines) is 1. The number of aryl methyl sites for hydroxylation is 1. The molecule has 27 heavy (non-hydrogen) atoms. The van der Waals surface area contributed by atoms with Crippen molar-refractivity contribution in [2.75, 3.05) is 19.7 Å². The molecule has 0 saturated carbocycles. The number of carbonyl (C=O) groups is 2. The van der Waals surface area contributed by atoms with Gasteiger partial charge in [0, 0.05) is 13.1 Å². The highest BCUT2D eigenvalue weighted by Crippen LogP contribution is 2.39. The second kappa shape index (κ2) is 7.06. The summed E-state index contributed by atoms with van der Waals surface area (Å²) in [5.41, 5.74) is 2.81. The van der Waals surface area contributed by atoms with Crippen molar-refractivity contribution >= 4 is 11.9 Å². The Balaban J connectivity index is 1.58. The molecule has 0 radical (unpaired) electrons. The van der Waals surface area contributed by atoms with E-state index in [0.29, 0.717) is 31.0 Å². The number of ether oxygens (including phenoxy) is 2. The summed E-state index contributed by atoms with van der Waals surface area (Å²) in [4.78, 5) is 26.7. The van der Waals surface area contributed by atoms with Crippen LogP contribution in [0.5, 0.6) is 5.75 Å². The van der Waals surface area contributed by atoms with Crippen molar-refractivity contribution in [1.82, 2.24) is 10.1 Å². The fourth-order valence-corrected chi connectivity index (χ4v) is 3.68. The Morgan fingerprint density at radius 1 is 1.37 bits per heavy atom. The summed E-state index contributed by atoms with van der Waals surface area (Å²) in [6.45, 7) is 5.29. The Kier molecular flexibility index (Phi) is 4.59. The van der Waals surface area contributed by atoms with Gasteiger partial charge >= 0.3 is 5.97 Å². The lowest BCUT2D eigenvalue weighted by atomic mass is 9.97. The molecule has 142 valence electrons. The summed E-state index contributed by atoms with van der Waals surface area (Å²) in [6, 6.07) is 5.83. The molecule has 1 amide bonds. The van der Waals surface area contributed by atoms with E-state index in [1.54, 1.807) is 11.8 Å². The summed E-state index contributed by atoms with van der Waals surface area (Å²) in [5, 5.41) is 4.05. The average molecular weight is 370 g/mol. The molecule has 0 bridgehead atoms. The lowest BCUT2D eigenvalue weighted by Gasteiger charge is -2.31. The SMILES string of the molecule is CCOC(=O)[C@H]1CCCN(C(=O)c2noc3c2COc2ccc(C)cc2-3)C1. The summed E-state index contributed by atoms with van der Waals surface area (Å²) in [7, 11) is 0. The molecule has 0 spiro atoms. The molecule has 0 aliphatic carbocycles. The Bertz CT molecular complexity index is 888. The van der Waals surface area contributed by atoms with E-state index in [-0.39, 0.29) is 30.1 Å². The van der Waals surface area contributed by atoms with Crippen molar-refractivity contribution in [3.05, 3.63) is 35.0 Å². The van der Waals surface area contributed by atoms with Gasteiger partial charge < -0.3 is 18.9 Å². The van der Waals surface area contributed by atoms with E-state index < -0.39 is 0 Å². The van der Waals surface area contributed by atoms with Gasteiger partial charge in [-0.25, -0.2) is 0 Å². The lowest BCUT2D eigenvalue weighted by Crippen LogP contribution is -2.43. The number of aromatic nitrogens is 1. The van der Waals surface area contributed by atoms with Gasteiger partial charge in [-0.1, -0.05) is 16.8 Å². The van der Waals surface area contributed by atoms with Gasteiger partial charge in [0.15, 0.2) is 11.5 Å². The standard InChI is InChI=1S/C20H22N2O5/c1-3-25-20(24)13-5-4-8-22(10-13)19(23)17-15-11-26-16-7-6-12(2)9-14(16)18(15)27-21-17/h6-7,9,13H,3-5,8,10-11H2,1-2H3/t13-/m0/s1. The average Bonchev–Trinajstić information content (AvgIpc) is 3.12. The lowest BCUT2D eigenvalue weighted by molar-refractivity contribution is -0.149. The van der Waals surface area contributed by atoms with Crippen LogP contribution >= 0.6 is 0 Å². The second-order valence-corrected chi connectivity index (χ2v) is 6.97. The topological polar surface area (TPSA) is 81.9 Å². The first-order valence-corrected chi connectivity index (χ1v) is 9.26. The molecule has 7 heteroatoms. The van der Waals surface area contributed by atoms with Crippen LogP contribution in [0.15, 0.2) is 22.7 Å². The van der Waals surface area contributed by atoms with Crippen molar-refractivity contribution < 1.29 is 23.6 Å². The van der Waals surface area contributed by atoms with Gasteiger partial charge in [-0.2, -0.15) is 0 Å². The molecule has 2 aliphatic heterocycles. The molecule has 0 N–H and O–H groups in total. The molecule has 2 aliphatic rings. The van der Waals surface area contributed by atoms with Crippen LogP contribution in [0.3, 0.4) is 0 Å². The molecule has 1 aromatic heterocycles. The van der Waals surface area contributed by atoms with E-state index >= 15 is 0 Å². The van der Waals surface area contributed by atoms with Crippen molar-refractivity contribution in [1.29, 1.82) is 0 Å². The summed E-state index contributed by atoms with van der Waals surface area (Å²) in [6.07, 6.45) is 1.49. The third kappa shape index (κ3) is 3.18. The molecule has 3 heterocycles. The van der Waals surface area contributed by atoms with Crippen LogP contribution in [0.2, 0.25) is 0 Å². The quantitative estimate of drug-likeness (QED) is 0.773. The number of benzene rings is 1. The zero-order chi connectivity index (χ0) is 19.0. The first kappa shape index (κ1) is 17.6. The monoisotopic (exact) mass is 370 g/mol. The van der Waals surface area contributed by atoms with Crippen LogP contribution < -0.4 is 4.74 Å². The smallest absolute Gasteiger partial charge is 0.310 e. The molecule has 1 saturated heterocycles. The maximum atomic E-state index is 13.0. The van der Waals surface area contributed by atoms with Crippen molar-refractivity contribution in [3.63, 3.8) is 0 Å². The second-order valence-electron chi connectivity index (χ2n) is 6.97.